The molecule has 1 aromatic heterocycles. The van der Waals surface area contributed by atoms with E-state index >= 15 is 0 Å². The molecule has 38 heavy (non-hydrogen) atoms. The number of piperazine rings is 1. The number of alkyl halides is 3. The first kappa shape index (κ1) is 29.2. The zero-order valence-corrected chi connectivity index (χ0v) is 21.8. The molecule has 1 aliphatic rings. The van der Waals surface area contributed by atoms with Crippen molar-refractivity contribution < 1.29 is 32.7 Å². The maximum Gasteiger partial charge on any atom is 0.490 e. The highest BCUT2D eigenvalue weighted by atomic mass is 35.5. The molecule has 8 nitrogen and oxygen atoms in total. The predicted molar refractivity (Wildman–Crippen MR) is 141 cm³/mol. The quantitative estimate of drug-likeness (QED) is 0.298. The number of nitrogens with one attached hydrogen (secondary N) is 2. The second-order valence-electron chi connectivity index (χ2n) is 7.84. The summed E-state index contributed by atoms with van der Waals surface area (Å²) < 4.78 is 31.7. The lowest BCUT2D eigenvalue weighted by Gasteiger charge is -2.27. The van der Waals surface area contributed by atoms with Crippen LogP contribution in [0, 0.1) is 0 Å². The number of rotatable bonds is 5. The predicted octanol–water partition coefficient (Wildman–Crippen LogP) is 5.29. The molecule has 0 saturated carbocycles. The molecule has 5 N–H and O–H groups in total. The second-order valence-corrected chi connectivity index (χ2v) is 9.70. The van der Waals surface area contributed by atoms with Gasteiger partial charge in [-0.15, -0.1) is 11.3 Å². The largest absolute Gasteiger partial charge is 0.490 e. The maximum absolute atomic E-state index is 13.3. The lowest BCUT2D eigenvalue weighted by Crippen LogP contribution is -2.46. The molecule has 0 atom stereocenters. The van der Waals surface area contributed by atoms with Gasteiger partial charge in [0, 0.05) is 42.5 Å². The summed E-state index contributed by atoms with van der Waals surface area (Å²) in [6.07, 6.45) is -5.08. The van der Waals surface area contributed by atoms with Crippen molar-refractivity contribution in [3.63, 3.8) is 0 Å². The average molecular weight is 589 g/mol. The Morgan fingerprint density at radius 1 is 1.05 bits per heavy atom. The van der Waals surface area contributed by atoms with Gasteiger partial charge in [0.15, 0.2) is 0 Å². The summed E-state index contributed by atoms with van der Waals surface area (Å²) in [6, 6.07) is 14.1. The molecule has 0 unspecified atom stereocenters. The molecule has 1 fully saturated rings. The topological polar surface area (TPSA) is 125 Å². The number of nitrogens with zero attached hydrogens (tertiary/aromatic N) is 1. The van der Waals surface area contributed by atoms with Crippen molar-refractivity contribution in [2.45, 2.75) is 6.18 Å². The maximum atomic E-state index is 13.3. The number of thiophene rings is 1. The highest BCUT2D eigenvalue weighted by Crippen LogP contribution is 2.40. The number of nitrogens with two attached hydrogens (primary N) is 1. The number of amides is 1. The first-order chi connectivity index (χ1) is 17.9. The van der Waals surface area contributed by atoms with Gasteiger partial charge in [0.1, 0.15) is 9.88 Å². The van der Waals surface area contributed by atoms with E-state index in [-0.39, 0.29) is 32.8 Å². The van der Waals surface area contributed by atoms with E-state index in [0.717, 1.165) is 17.0 Å². The van der Waals surface area contributed by atoms with E-state index in [2.05, 4.69) is 10.6 Å². The second kappa shape index (κ2) is 12.5. The molecule has 2 aromatic carbocycles. The minimum Gasteiger partial charge on any atom is -0.475 e. The number of halogens is 5. The molecule has 2 heterocycles. The Bertz CT molecular complexity index is 1330. The Morgan fingerprint density at radius 3 is 2.21 bits per heavy atom. The van der Waals surface area contributed by atoms with Gasteiger partial charge in [0.05, 0.1) is 16.3 Å². The van der Waals surface area contributed by atoms with Gasteiger partial charge < -0.3 is 26.4 Å². The van der Waals surface area contributed by atoms with Crippen LogP contribution in [0.4, 0.5) is 29.5 Å². The molecule has 1 saturated heterocycles. The monoisotopic (exact) mass is 588 g/mol. The van der Waals surface area contributed by atoms with Crippen LogP contribution in [0.1, 0.15) is 25.6 Å². The van der Waals surface area contributed by atoms with Crippen LogP contribution in [0.2, 0.25) is 10.0 Å². The van der Waals surface area contributed by atoms with Crippen LogP contribution >= 0.6 is 34.5 Å². The molecule has 202 valence electrons. The lowest BCUT2D eigenvalue weighted by molar-refractivity contribution is -0.192. The summed E-state index contributed by atoms with van der Waals surface area (Å²) in [5.74, 6) is -3.30. The summed E-state index contributed by atoms with van der Waals surface area (Å²) >= 11 is 13.4. The Kier molecular flexibility index (Phi) is 9.60. The van der Waals surface area contributed by atoms with Gasteiger partial charge in [0.2, 0.25) is 5.78 Å². The van der Waals surface area contributed by atoms with Gasteiger partial charge >= 0.3 is 12.1 Å². The van der Waals surface area contributed by atoms with Gasteiger partial charge in [0.25, 0.3) is 5.91 Å². The summed E-state index contributed by atoms with van der Waals surface area (Å²) in [5, 5.41) is 14.8. The van der Waals surface area contributed by atoms with Gasteiger partial charge in [-0.25, -0.2) is 4.79 Å². The third-order valence-corrected chi connectivity index (χ3v) is 6.89. The molecule has 3 aromatic rings. The first-order valence-corrected chi connectivity index (χ1v) is 12.5. The number of aliphatic carboxylic acids is 1. The van der Waals surface area contributed by atoms with E-state index in [1.807, 2.05) is 30.3 Å². The Labute approximate surface area is 229 Å². The summed E-state index contributed by atoms with van der Waals surface area (Å²) in [6.45, 7) is 2.57. The van der Waals surface area contributed by atoms with Crippen LogP contribution in [0.15, 0.2) is 48.5 Å². The minimum atomic E-state index is -5.08. The highest BCUT2D eigenvalue weighted by molar-refractivity contribution is 7.19. The van der Waals surface area contributed by atoms with E-state index in [9.17, 15) is 22.8 Å². The Balaban J connectivity index is 0.000000505. The van der Waals surface area contributed by atoms with Gasteiger partial charge in [-0.2, -0.15) is 13.2 Å². The molecule has 0 bridgehead atoms. The Morgan fingerprint density at radius 2 is 1.66 bits per heavy atom. The molecular formula is C24H21Cl2F3N4O4S. The molecular weight excluding hydrogens is 568 g/mol. The van der Waals surface area contributed by atoms with E-state index < -0.39 is 12.1 Å². The Hall–Kier alpha value is -3.32. The van der Waals surface area contributed by atoms with Crippen molar-refractivity contribution in [1.29, 1.82) is 0 Å². The third kappa shape index (κ3) is 7.16. The molecule has 0 spiro atoms. The molecule has 0 aliphatic carbocycles. The van der Waals surface area contributed by atoms with E-state index in [1.165, 1.54) is 6.07 Å². The van der Waals surface area contributed by atoms with Gasteiger partial charge in [-0.3, -0.25) is 9.59 Å². The number of carboxylic acid groups (broad SMARTS) is 1. The zero-order valence-electron chi connectivity index (χ0n) is 19.4. The summed E-state index contributed by atoms with van der Waals surface area (Å²) in [7, 11) is 0. The van der Waals surface area contributed by atoms with Crippen molar-refractivity contribution in [1.82, 2.24) is 10.2 Å². The van der Waals surface area contributed by atoms with Crippen molar-refractivity contribution in [3.8, 4) is 0 Å². The number of anilines is 3. The van der Waals surface area contributed by atoms with Crippen molar-refractivity contribution >= 4 is 68.6 Å². The fourth-order valence-corrected chi connectivity index (χ4v) is 4.97. The average Bonchev–Trinajstić information content (AvgIpc) is 3.19. The van der Waals surface area contributed by atoms with Crippen LogP contribution in [0.5, 0.6) is 0 Å². The number of carbonyl (C=O) groups is 3. The van der Waals surface area contributed by atoms with Crippen LogP contribution in [0.25, 0.3) is 0 Å². The molecule has 1 aliphatic heterocycles. The molecule has 0 radical (unpaired) electrons. The smallest absolute Gasteiger partial charge is 0.475 e. The lowest BCUT2D eigenvalue weighted by atomic mass is 10.1. The molecule has 14 heteroatoms. The fraction of sp³-hybridized carbons (Fsp3) is 0.208. The number of nitrogen functional groups attached to an aromatic ring is 1. The number of para-hydroxylation sites is 1. The van der Waals surface area contributed by atoms with E-state index in [4.69, 9.17) is 38.8 Å². The number of hydrogen-bond acceptors (Lipinski definition) is 7. The van der Waals surface area contributed by atoms with E-state index in [0.29, 0.717) is 41.8 Å². The number of benzene rings is 2. The number of carbonyl (C=O) groups excluding carboxylic acids is 2. The number of hydrogen-bond donors (Lipinski definition) is 4. The third-order valence-electron chi connectivity index (χ3n) is 5.22. The van der Waals surface area contributed by atoms with Gasteiger partial charge in [-0.05, 0) is 30.3 Å². The molecule has 4 rings (SSSR count). The van der Waals surface area contributed by atoms with Crippen molar-refractivity contribution in [2.75, 3.05) is 37.2 Å². The van der Waals surface area contributed by atoms with E-state index in [1.54, 1.807) is 17.0 Å². The number of ketones is 1. The SMILES string of the molecule is Nc1c(C(=O)c2ccc(Cl)cc2Cl)sc(Nc2ccccc2)c1C(=O)N1CCNCC1.O=C(O)C(F)(F)F. The summed E-state index contributed by atoms with van der Waals surface area (Å²) in [4.78, 5) is 37.5. The normalized spacial score (nSPS) is 13.3. The van der Waals surface area contributed by atoms with Crippen LogP contribution in [0.3, 0.4) is 0 Å². The van der Waals surface area contributed by atoms with Gasteiger partial charge in [-0.1, -0.05) is 41.4 Å². The van der Waals surface area contributed by atoms with Crippen LogP contribution < -0.4 is 16.4 Å². The first-order valence-electron chi connectivity index (χ1n) is 10.9. The van der Waals surface area contributed by atoms with Crippen LogP contribution in [-0.2, 0) is 4.79 Å². The van der Waals surface area contributed by atoms with Crippen molar-refractivity contribution in [2.24, 2.45) is 0 Å². The zero-order chi connectivity index (χ0) is 28.0. The van der Waals surface area contributed by atoms with Crippen LogP contribution in [-0.4, -0.2) is 60.0 Å². The standard InChI is InChI=1S/C22H20Cl2N4O2S.C2HF3O2/c23-13-6-7-15(16(24)12-13)19(29)20-18(25)17(22(30)28-10-8-26-9-11-28)21(31-20)27-14-4-2-1-3-5-14;3-2(4,5)1(6)7/h1-7,12,26-27H,8-11,25H2;(H,6,7). The number of carboxylic acids is 1. The fourth-order valence-electron chi connectivity index (χ4n) is 3.39. The minimum absolute atomic E-state index is 0.156. The van der Waals surface area contributed by atoms with Crippen molar-refractivity contribution in [3.05, 3.63) is 74.6 Å². The highest BCUT2D eigenvalue weighted by Gasteiger charge is 2.38. The summed E-state index contributed by atoms with van der Waals surface area (Å²) in [5.41, 5.74) is 7.94. The molecule has 1 amide bonds.